The Hall–Kier alpha value is -3.86. The standard InChI is InChI=1S/C25H28N6O4S/c1-16-13-28-20(14-27-16)17(2)18(3)36(32,33)15-23-29-30-25(19-9-6-7-12-26-19)31(23)24-21(34-4)10-8-11-22(24)35-5/h6-14,17-18H,15H2,1-5H3/t17-,18-/m0/s1. The first kappa shape index (κ1) is 25.2. The molecule has 3 aromatic heterocycles. The zero-order valence-corrected chi connectivity index (χ0v) is 21.6. The molecule has 11 heteroatoms. The van der Waals surface area contributed by atoms with E-state index in [-0.39, 0.29) is 17.5 Å². The van der Waals surface area contributed by atoms with Gasteiger partial charge in [0, 0.05) is 24.5 Å². The molecular formula is C25H28N6O4S. The lowest BCUT2D eigenvalue weighted by atomic mass is 10.1. The van der Waals surface area contributed by atoms with Gasteiger partial charge in [-0.3, -0.25) is 19.5 Å². The van der Waals surface area contributed by atoms with Crippen LogP contribution >= 0.6 is 0 Å². The van der Waals surface area contributed by atoms with Gasteiger partial charge in [-0.15, -0.1) is 10.2 Å². The monoisotopic (exact) mass is 508 g/mol. The number of ether oxygens (including phenoxy) is 2. The fourth-order valence-corrected chi connectivity index (χ4v) is 5.43. The van der Waals surface area contributed by atoms with Crippen LogP contribution in [0.25, 0.3) is 17.2 Å². The van der Waals surface area contributed by atoms with Gasteiger partial charge in [-0.05, 0) is 38.1 Å². The summed E-state index contributed by atoms with van der Waals surface area (Å²) in [6.07, 6.45) is 4.89. The van der Waals surface area contributed by atoms with E-state index in [0.29, 0.717) is 34.4 Å². The van der Waals surface area contributed by atoms with Crippen LogP contribution in [0.1, 0.15) is 37.0 Å². The average Bonchev–Trinajstić information content (AvgIpc) is 3.30. The van der Waals surface area contributed by atoms with E-state index in [1.807, 2.05) is 19.9 Å². The fourth-order valence-electron chi connectivity index (χ4n) is 3.86. The van der Waals surface area contributed by atoms with Gasteiger partial charge in [0.25, 0.3) is 0 Å². The summed E-state index contributed by atoms with van der Waals surface area (Å²) < 4.78 is 40.1. The summed E-state index contributed by atoms with van der Waals surface area (Å²) in [5.74, 6) is 0.790. The Balaban J connectivity index is 1.81. The van der Waals surface area contributed by atoms with E-state index >= 15 is 0 Å². The van der Waals surface area contributed by atoms with Gasteiger partial charge in [0.2, 0.25) is 0 Å². The van der Waals surface area contributed by atoms with Gasteiger partial charge < -0.3 is 9.47 Å². The Morgan fingerprint density at radius 3 is 2.22 bits per heavy atom. The van der Waals surface area contributed by atoms with Crippen LogP contribution < -0.4 is 9.47 Å². The number of para-hydroxylation sites is 1. The third-order valence-corrected chi connectivity index (χ3v) is 8.32. The number of aromatic nitrogens is 6. The van der Waals surface area contributed by atoms with Crippen molar-refractivity contribution in [1.29, 1.82) is 0 Å². The highest BCUT2D eigenvalue weighted by Crippen LogP contribution is 2.36. The zero-order chi connectivity index (χ0) is 25.9. The predicted octanol–water partition coefficient (Wildman–Crippen LogP) is 3.55. The predicted molar refractivity (Wildman–Crippen MR) is 135 cm³/mol. The molecule has 0 fully saturated rings. The van der Waals surface area contributed by atoms with E-state index in [1.54, 1.807) is 60.4 Å². The molecule has 0 amide bonds. The molecule has 0 bridgehead atoms. The quantitative estimate of drug-likeness (QED) is 0.334. The normalized spacial score (nSPS) is 13.2. The smallest absolute Gasteiger partial charge is 0.187 e. The van der Waals surface area contributed by atoms with Crippen LogP contribution in [0.2, 0.25) is 0 Å². The van der Waals surface area contributed by atoms with Crippen molar-refractivity contribution < 1.29 is 17.9 Å². The minimum Gasteiger partial charge on any atom is -0.494 e. The van der Waals surface area contributed by atoms with Crippen LogP contribution in [0.5, 0.6) is 11.5 Å². The van der Waals surface area contributed by atoms with Crippen LogP contribution in [0.3, 0.4) is 0 Å². The van der Waals surface area contributed by atoms with Gasteiger partial charge in [0.15, 0.2) is 21.5 Å². The van der Waals surface area contributed by atoms with Crippen LogP contribution in [0, 0.1) is 6.92 Å². The number of benzene rings is 1. The topological polar surface area (TPSA) is 122 Å². The lowest BCUT2D eigenvalue weighted by Gasteiger charge is -2.21. The molecule has 0 N–H and O–H groups in total. The molecule has 4 rings (SSSR count). The van der Waals surface area contributed by atoms with Gasteiger partial charge in [0.05, 0.1) is 30.9 Å². The van der Waals surface area contributed by atoms with Crippen molar-refractivity contribution in [3.05, 3.63) is 72.2 Å². The Morgan fingerprint density at radius 2 is 1.64 bits per heavy atom. The Kier molecular flexibility index (Phi) is 7.30. The maximum Gasteiger partial charge on any atom is 0.187 e. The van der Waals surface area contributed by atoms with Crippen molar-refractivity contribution in [1.82, 2.24) is 29.7 Å². The number of pyridine rings is 1. The summed E-state index contributed by atoms with van der Waals surface area (Å²) in [4.78, 5) is 13.0. The van der Waals surface area contributed by atoms with E-state index in [9.17, 15) is 8.42 Å². The molecule has 4 aromatic rings. The zero-order valence-electron chi connectivity index (χ0n) is 20.8. The van der Waals surface area contributed by atoms with Gasteiger partial charge in [-0.25, -0.2) is 8.42 Å². The molecule has 0 radical (unpaired) electrons. The van der Waals surface area contributed by atoms with E-state index in [4.69, 9.17) is 9.47 Å². The molecule has 188 valence electrons. The molecular weight excluding hydrogens is 480 g/mol. The highest BCUT2D eigenvalue weighted by atomic mass is 32.2. The van der Waals surface area contributed by atoms with Crippen LogP contribution in [-0.4, -0.2) is 57.6 Å². The van der Waals surface area contributed by atoms with E-state index in [1.165, 1.54) is 14.2 Å². The number of hydrogen-bond acceptors (Lipinski definition) is 9. The highest BCUT2D eigenvalue weighted by molar-refractivity contribution is 7.91. The second kappa shape index (κ2) is 10.4. The largest absolute Gasteiger partial charge is 0.494 e. The molecule has 0 aliphatic rings. The van der Waals surface area contributed by atoms with Crippen molar-refractivity contribution in [3.8, 4) is 28.7 Å². The molecule has 0 saturated carbocycles. The SMILES string of the molecule is COc1cccc(OC)c1-n1c(CS(=O)(=O)[C@@H](C)[C@H](C)c2cnc(C)cn2)nnc1-c1ccccn1. The summed E-state index contributed by atoms with van der Waals surface area (Å²) in [6.45, 7) is 5.33. The van der Waals surface area contributed by atoms with Gasteiger partial charge >= 0.3 is 0 Å². The van der Waals surface area contributed by atoms with E-state index in [0.717, 1.165) is 5.69 Å². The molecule has 2 atom stereocenters. The molecule has 0 saturated heterocycles. The molecule has 3 heterocycles. The third-order valence-electron chi connectivity index (χ3n) is 6.12. The molecule has 36 heavy (non-hydrogen) atoms. The first-order valence-electron chi connectivity index (χ1n) is 11.3. The van der Waals surface area contributed by atoms with Crippen molar-refractivity contribution in [3.63, 3.8) is 0 Å². The lowest BCUT2D eigenvalue weighted by Crippen LogP contribution is -2.27. The summed E-state index contributed by atoms with van der Waals surface area (Å²) in [5.41, 5.74) is 2.39. The van der Waals surface area contributed by atoms with Crippen molar-refractivity contribution >= 4 is 9.84 Å². The average molecular weight is 509 g/mol. The molecule has 0 unspecified atom stereocenters. The van der Waals surface area contributed by atoms with E-state index < -0.39 is 15.1 Å². The number of aryl methyl sites for hydroxylation is 1. The van der Waals surface area contributed by atoms with Crippen molar-refractivity contribution in [2.45, 2.75) is 37.7 Å². The van der Waals surface area contributed by atoms with Crippen LogP contribution in [-0.2, 0) is 15.6 Å². The first-order valence-corrected chi connectivity index (χ1v) is 13.1. The number of rotatable bonds is 9. The van der Waals surface area contributed by atoms with Crippen LogP contribution in [0.4, 0.5) is 0 Å². The third kappa shape index (κ3) is 4.92. The Labute approximate surface area is 210 Å². The summed E-state index contributed by atoms with van der Waals surface area (Å²) in [6, 6.07) is 10.7. The highest BCUT2D eigenvalue weighted by Gasteiger charge is 2.32. The molecule has 0 aliphatic carbocycles. The Morgan fingerprint density at radius 1 is 0.917 bits per heavy atom. The second-order valence-electron chi connectivity index (χ2n) is 8.38. The number of hydrogen-bond donors (Lipinski definition) is 0. The molecule has 0 spiro atoms. The van der Waals surface area contributed by atoms with Crippen molar-refractivity contribution in [2.75, 3.05) is 14.2 Å². The summed E-state index contributed by atoms with van der Waals surface area (Å²) in [5, 5.41) is 7.86. The molecule has 0 aliphatic heterocycles. The summed E-state index contributed by atoms with van der Waals surface area (Å²) in [7, 11) is -0.635. The molecule has 10 nitrogen and oxygen atoms in total. The number of sulfone groups is 1. The van der Waals surface area contributed by atoms with Gasteiger partial charge in [0.1, 0.15) is 28.6 Å². The maximum absolute atomic E-state index is 13.6. The van der Waals surface area contributed by atoms with E-state index in [2.05, 4.69) is 25.1 Å². The number of methoxy groups -OCH3 is 2. The van der Waals surface area contributed by atoms with Crippen molar-refractivity contribution in [2.24, 2.45) is 0 Å². The lowest BCUT2D eigenvalue weighted by molar-refractivity contribution is 0.390. The van der Waals surface area contributed by atoms with Gasteiger partial charge in [-0.1, -0.05) is 19.1 Å². The summed E-state index contributed by atoms with van der Waals surface area (Å²) >= 11 is 0. The first-order chi connectivity index (χ1) is 17.3. The minimum absolute atomic E-state index is 0.215. The van der Waals surface area contributed by atoms with Gasteiger partial charge in [-0.2, -0.15) is 0 Å². The maximum atomic E-state index is 13.6. The molecule has 1 aromatic carbocycles. The Bertz CT molecular complexity index is 1420. The fraction of sp³-hybridized carbons (Fsp3) is 0.320. The minimum atomic E-state index is -3.70. The number of nitrogens with zero attached hydrogens (tertiary/aromatic N) is 6. The second-order valence-corrected chi connectivity index (χ2v) is 10.7. The van der Waals surface area contributed by atoms with Crippen LogP contribution in [0.15, 0.2) is 55.0 Å².